The van der Waals surface area contributed by atoms with E-state index in [0.29, 0.717) is 54.4 Å². The van der Waals surface area contributed by atoms with Gasteiger partial charge in [-0.25, -0.2) is 14.6 Å². The summed E-state index contributed by atoms with van der Waals surface area (Å²) >= 11 is 0. The Hall–Kier alpha value is -4.65. The minimum absolute atomic E-state index is 0.265. The SMILES string of the molecule is C[C@@H](Cn1cnnn1)Oc1cc(-c2cnc(Nc3cn([C@H]4CC[C@H](N5CCOCC5)CC4)nc3OCCC(C)(C)O)nc2)ccc1C#N. The van der Waals surface area contributed by atoms with Gasteiger partial charge >= 0.3 is 0 Å². The van der Waals surface area contributed by atoms with E-state index in [9.17, 15) is 10.4 Å². The molecule has 1 saturated carbocycles. The Balaban J connectivity index is 1.14. The molecular weight excluding hydrogens is 614 g/mol. The van der Waals surface area contributed by atoms with E-state index in [4.69, 9.17) is 19.3 Å². The largest absolute Gasteiger partial charge is 0.487 e. The summed E-state index contributed by atoms with van der Waals surface area (Å²) in [5, 5.41) is 39.2. The molecule has 4 heterocycles. The standard InChI is InChI=1S/C33H43N11O4/c1-23(20-43-22-37-40-41-43)48-30-16-24(4-5-25(30)17-34)26-18-35-32(36-19-26)38-29-21-44(39-31(29)47-13-10-33(2,3)45)28-8-6-27(7-9-28)42-11-14-46-15-12-42/h4-5,16,18-19,21-23,27-28,45H,6-15,20H2,1-3H3,(H,35,36,38)/t23-,27-,28-/m0/s1. The molecule has 1 aliphatic carbocycles. The number of ether oxygens (including phenoxy) is 3. The lowest BCUT2D eigenvalue weighted by Crippen LogP contribution is -2.45. The first-order valence-corrected chi connectivity index (χ1v) is 16.5. The summed E-state index contributed by atoms with van der Waals surface area (Å²) < 4.78 is 21.3. The van der Waals surface area contributed by atoms with Crippen molar-refractivity contribution < 1.29 is 19.3 Å². The quantitative estimate of drug-likeness (QED) is 0.213. The smallest absolute Gasteiger partial charge is 0.256 e. The zero-order chi connectivity index (χ0) is 33.5. The normalized spacial score (nSPS) is 19.4. The van der Waals surface area contributed by atoms with E-state index < -0.39 is 5.60 Å². The van der Waals surface area contributed by atoms with E-state index in [1.807, 2.05) is 29.9 Å². The van der Waals surface area contributed by atoms with Gasteiger partial charge in [0, 0.05) is 43.5 Å². The van der Waals surface area contributed by atoms with E-state index in [0.717, 1.165) is 63.1 Å². The Bertz CT molecular complexity index is 1650. The minimum Gasteiger partial charge on any atom is -0.487 e. The van der Waals surface area contributed by atoms with Crippen molar-refractivity contribution in [3.63, 3.8) is 0 Å². The average Bonchev–Trinajstić information content (AvgIpc) is 3.75. The maximum Gasteiger partial charge on any atom is 0.256 e. The Morgan fingerprint density at radius 1 is 1.10 bits per heavy atom. The van der Waals surface area contributed by atoms with Crippen molar-refractivity contribution in [3.8, 4) is 28.8 Å². The number of nitriles is 1. The Labute approximate surface area is 279 Å². The van der Waals surface area contributed by atoms with Gasteiger partial charge in [-0.2, -0.15) is 5.26 Å². The molecule has 3 aromatic heterocycles. The topological polar surface area (TPSA) is 174 Å². The molecular formula is C33H43N11O4. The fourth-order valence-electron chi connectivity index (χ4n) is 6.12. The Morgan fingerprint density at radius 3 is 2.54 bits per heavy atom. The van der Waals surface area contributed by atoms with Crippen molar-refractivity contribution in [1.29, 1.82) is 5.26 Å². The van der Waals surface area contributed by atoms with Gasteiger partial charge in [0.2, 0.25) is 5.95 Å². The first-order chi connectivity index (χ1) is 23.2. The molecule has 0 radical (unpaired) electrons. The second-order valence-electron chi connectivity index (χ2n) is 13.1. The molecule has 6 rings (SSSR count). The molecule has 0 amide bonds. The average molecular weight is 658 g/mol. The van der Waals surface area contributed by atoms with Crippen LogP contribution in [0, 0.1) is 11.3 Å². The second kappa shape index (κ2) is 15.1. The van der Waals surface area contributed by atoms with E-state index in [2.05, 4.69) is 41.8 Å². The predicted molar refractivity (Wildman–Crippen MR) is 176 cm³/mol. The van der Waals surface area contributed by atoms with Crippen LogP contribution in [0.25, 0.3) is 11.1 Å². The third-order valence-electron chi connectivity index (χ3n) is 8.75. The fourth-order valence-corrected chi connectivity index (χ4v) is 6.12. The highest BCUT2D eigenvalue weighted by Crippen LogP contribution is 2.35. The minimum atomic E-state index is -0.851. The molecule has 0 unspecified atom stereocenters. The van der Waals surface area contributed by atoms with Crippen LogP contribution in [0.3, 0.4) is 0 Å². The highest BCUT2D eigenvalue weighted by molar-refractivity contribution is 5.67. The number of morpholine rings is 1. The van der Waals surface area contributed by atoms with E-state index in [1.54, 1.807) is 37.0 Å². The monoisotopic (exact) mass is 657 g/mol. The van der Waals surface area contributed by atoms with Gasteiger partial charge in [0.15, 0.2) is 0 Å². The molecule has 2 N–H and O–H groups in total. The molecule has 0 spiro atoms. The van der Waals surface area contributed by atoms with E-state index in [1.165, 1.54) is 6.33 Å². The molecule has 1 atom stereocenters. The number of hydrogen-bond donors (Lipinski definition) is 2. The van der Waals surface area contributed by atoms with Gasteiger partial charge in [-0.3, -0.25) is 9.58 Å². The molecule has 15 heteroatoms. The highest BCUT2D eigenvalue weighted by Gasteiger charge is 2.29. The van der Waals surface area contributed by atoms with Crippen LogP contribution in [0.2, 0.25) is 0 Å². The molecule has 2 aliphatic rings. The number of rotatable bonds is 13. The maximum atomic E-state index is 10.2. The van der Waals surface area contributed by atoms with Gasteiger partial charge in [-0.05, 0) is 74.6 Å². The van der Waals surface area contributed by atoms with Crippen molar-refractivity contribution in [2.45, 2.75) is 83.2 Å². The summed E-state index contributed by atoms with van der Waals surface area (Å²) in [7, 11) is 0. The van der Waals surface area contributed by atoms with Crippen molar-refractivity contribution in [2.75, 3.05) is 38.2 Å². The number of benzene rings is 1. The molecule has 48 heavy (non-hydrogen) atoms. The van der Waals surface area contributed by atoms with Crippen LogP contribution in [0.1, 0.15) is 64.5 Å². The summed E-state index contributed by atoms with van der Waals surface area (Å²) in [6.45, 7) is 9.80. The zero-order valence-electron chi connectivity index (χ0n) is 27.7. The number of anilines is 2. The Morgan fingerprint density at radius 2 is 1.85 bits per heavy atom. The predicted octanol–water partition coefficient (Wildman–Crippen LogP) is 3.77. The fraction of sp³-hybridized carbons (Fsp3) is 0.545. The lowest BCUT2D eigenvalue weighted by atomic mass is 9.90. The Kier molecular flexibility index (Phi) is 10.4. The molecule has 4 aromatic rings. The van der Waals surface area contributed by atoms with Crippen LogP contribution in [0.5, 0.6) is 11.6 Å². The van der Waals surface area contributed by atoms with Crippen LogP contribution in [0.4, 0.5) is 11.6 Å². The number of hydrogen-bond acceptors (Lipinski definition) is 13. The molecule has 1 saturated heterocycles. The molecule has 1 aromatic carbocycles. The highest BCUT2D eigenvalue weighted by atomic mass is 16.5. The summed E-state index contributed by atoms with van der Waals surface area (Å²) in [6.07, 6.45) is 11.4. The summed E-state index contributed by atoms with van der Waals surface area (Å²) in [4.78, 5) is 11.7. The summed E-state index contributed by atoms with van der Waals surface area (Å²) in [5.74, 6) is 1.30. The van der Waals surface area contributed by atoms with Gasteiger partial charge in [0.05, 0.1) is 49.8 Å². The number of nitrogens with zero attached hydrogens (tertiary/aromatic N) is 10. The van der Waals surface area contributed by atoms with Crippen LogP contribution >= 0.6 is 0 Å². The summed E-state index contributed by atoms with van der Waals surface area (Å²) in [6, 6.07) is 8.42. The van der Waals surface area contributed by atoms with Gasteiger partial charge in [-0.15, -0.1) is 10.2 Å². The van der Waals surface area contributed by atoms with Crippen molar-refractivity contribution in [1.82, 2.24) is 44.9 Å². The van der Waals surface area contributed by atoms with E-state index in [-0.39, 0.29) is 12.1 Å². The van der Waals surface area contributed by atoms with Crippen LogP contribution < -0.4 is 14.8 Å². The van der Waals surface area contributed by atoms with Gasteiger partial charge in [0.25, 0.3) is 5.88 Å². The molecule has 254 valence electrons. The number of aromatic nitrogens is 8. The molecule has 15 nitrogen and oxygen atoms in total. The number of tetrazole rings is 1. The van der Waals surface area contributed by atoms with Crippen LogP contribution in [-0.2, 0) is 11.3 Å². The van der Waals surface area contributed by atoms with Crippen LogP contribution in [0.15, 0.2) is 43.1 Å². The first kappa shape index (κ1) is 33.3. The lowest BCUT2D eigenvalue weighted by Gasteiger charge is -2.38. The second-order valence-corrected chi connectivity index (χ2v) is 13.1. The molecule has 1 aliphatic heterocycles. The maximum absolute atomic E-state index is 10.2. The number of nitrogens with one attached hydrogen (secondary N) is 1. The van der Waals surface area contributed by atoms with Gasteiger partial charge in [-0.1, -0.05) is 6.07 Å². The third-order valence-corrected chi connectivity index (χ3v) is 8.75. The third kappa shape index (κ3) is 8.62. The van der Waals surface area contributed by atoms with Crippen LogP contribution in [-0.4, -0.2) is 101 Å². The molecule has 2 fully saturated rings. The zero-order valence-corrected chi connectivity index (χ0v) is 27.7. The van der Waals surface area contributed by atoms with Crippen molar-refractivity contribution >= 4 is 11.6 Å². The molecule has 0 bridgehead atoms. The van der Waals surface area contributed by atoms with Crippen molar-refractivity contribution in [2.24, 2.45) is 0 Å². The first-order valence-electron chi connectivity index (χ1n) is 16.5. The number of aliphatic hydroxyl groups is 1. The van der Waals surface area contributed by atoms with E-state index >= 15 is 0 Å². The summed E-state index contributed by atoms with van der Waals surface area (Å²) in [5.41, 5.74) is 1.80. The van der Waals surface area contributed by atoms with Crippen molar-refractivity contribution in [3.05, 3.63) is 48.7 Å². The van der Waals surface area contributed by atoms with Gasteiger partial charge < -0.3 is 24.6 Å². The van der Waals surface area contributed by atoms with Gasteiger partial charge in [0.1, 0.15) is 29.9 Å². The lowest BCUT2D eigenvalue weighted by molar-refractivity contribution is 0.00501.